The third kappa shape index (κ3) is 4.54. The molecule has 2 aromatic heterocycles. The highest BCUT2D eigenvalue weighted by atomic mass is 32.2. The Morgan fingerprint density at radius 3 is 2.88 bits per heavy atom. The molecule has 0 fully saturated rings. The molecule has 0 spiro atoms. The standard InChI is InChI=1S/C22H25N7O2S/c1-13-11-29(14(2)25-13)18-10-15(8-9-24-18)21(30)26-22(3,4)12-31-17-7-5-6-16-19(17)20(23)28-32-27-16/h5-11,27H,12H2,1-4H3,(H2,23,28)(H,26,30). The third-order valence-corrected chi connectivity index (χ3v) is 5.48. The largest absolute Gasteiger partial charge is 0.490 e. The van der Waals surface area contributed by atoms with Gasteiger partial charge >= 0.3 is 0 Å². The number of aryl methyl sites for hydroxylation is 2. The Morgan fingerprint density at radius 1 is 1.31 bits per heavy atom. The van der Waals surface area contributed by atoms with Crippen molar-refractivity contribution in [3.63, 3.8) is 0 Å². The second-order valence-electron chi connectivity index (χ2n) is 8.18. The normalized spacial score (nSPS) is 13.1. The van der Waals surface area contributed by atoms with Gasteiger partial charge < -0.3 is 20.5 Å². The highest BCUT2D eigenvalue weighted by molar-refractivity contribution is 7.99. The van der Waals surface area contributed by atoms with Crippen LogP contribution in [-0.4, -0.2) is 38.4 Å². The zero-order chi connectivity index (χ0) is 22.9. The molecular formula is C22H25N7O2S. The molecule has 1 aromatic carbocycles. The Hall–Kier alpha value is -3.53. The van der Waals surface area contributed by atoms with Crippen molar-refractivity contribution in [2.24, 2.45) is 10.1 Å². The van der Waals surface area contributed by atoms with Crippen molar-refractivity contribution in [3.05, 3.63) is 65.4 Å². The van der Waals surface area contributed by atoms with Gasteiger partial charge in [0.05, 0.1) is 34.6 Å². The summed E-state index contributed by atoms with van der Waals surface area (Å²) in [6.07, 6.45) is 3.51. The van der Waals surface area contributed by atoms with E-state index >= 15 is 0 Å². The predicted molar refractivity (Wildman–Crippen MR) is 126 cm³/mol. The summed E-state index contributed by atoms with van der Waals surface area (Å²) in [6, 6.07) is 9.05. The molecule has 4 N–H and O–H groups in total. The first kappa shape index (κ1) is 21.7. The fourth-order valence-corrected chi connectivity index (χ4v) is 3.89. The fraction of sp³-hybridized carbons (Fsp3) is 0.273. The van der Waals surface area contributed by atoms with E-state index in [1.165, 1.54) is 12.1 Å². The molecule has 4 rings (SSSR count). The Labute approximate surface area is 190 Å². The van der Waals surface area contributed by atoms with Crippen LogP contribution in [0.4, 0.5) is 5.69 Å². The van der Waals surface area contributed by atoms with Crippen LogP contribution in [0.1, 0.15) is 41.3 Å². The van der Waals surface area contributed by atoms with Crippen molar-refractivity contribution in [3.8, 4) is 11.6 Å². The zero-order valence-electron chi connectivity index (χ0n) is 18.3. The minimum atomic E-state index is -0.645. The van der Waals surface area contributed by atoms with Gasteiger partial charge in [0, 0.05) is 18.0 Å². The number of carbonyl (C=O) groups is 1. The molecule has 0 unspecified atom stereocenters. The number of ether oxygens (including phenoxy) is 1. The number of pyridine rings is 1. The first-order valence-corrected chi connectivity index (χ1v) is 10.8. The van der Waals surface area contributed by atoms with Crippen LogP contribution in [0, 0.1) is 13.8 Å². The maximum absolute atomic E-state index is 13.0. The molecule has 10 heteroatoms. The smallest absolute Gasteiger partial charge is 0.252 e. The SMILES string of the molecule is Cc1cn(-c2cc(C(=O)NC(C)(C)COc3cccc4c3C(N)=NSN4)ccn2)c(C)n1. The first-order chi connectivity index (χ1) is 15.2. The molecule has 32 heavy (non-hydrogen) atoms. The van der Waals surface area contributed by atoms with E-state index < -0.39 is 5.54 Å². The van der Waals surface area contributed by atoms with Crippen LogP contribution in [-0.2, 0) is 0 Å². The topological polar surface area (TPSA) is 119 Å². The molecule has 166 valence electrons. The number of anilines is 1. The highest BCUT2D eigenvalue weighted by Crippen LogP contribution is 2.32. The summed E-state index contributed by atoms with van der Waals surface area (Å²) in [5.74, 6) is 2.24. The minimum absolute atomic E-state index is 0.217. The van der Waals surface area contributed by atoms with Gasteiger partial charge in [0.1, 0.15) is 29.8 Å². The molecule has 0 atom stereocenters. The zero-order valence-corrected chi connectivity index (χ0v) is 19.2. The van der Waals surface area contributed by atoms with Gasteiger partial charge in [-0.1, -0.05) is 6.07 Å². The molecule has 1 aliphatic heterocycles. The first-order valence-electron chi connectivity index (χ1n) is 10.1. The number of imidazole rings is 1. The summed E-state index contributed by atoms with van der Waals surface area (Å²) >= 11 is 1.18. The summed E-state index contributed by atoms with van der Waals surface area (Å²) in [6.45, 7) is 7.86. The second-order valence-corrected chi connectivity index (χ2v) is 8.75. The average Bonchev–Trinajstić information content (AvgIpc) is 3.10. The highest BCUT2D eigenvalue weighted by Gasteiger charge is 2.25. The molecule has 9 nitrogen and oxygen atoms in total. The van der Waals surface area contributed by atoms with Gasteiger partial charge in [-0.15, -0.1) is 0 Å². The monoisotopic (exact) mass is 451 g/mol. The third-order valence-electron chi connectivity index (χ3n) is 4.88. The number of nitrogens with one attached hydrogen (secondary N) is 2. The van der Waals surface area contributed by atoms with E-state index in [1.54, 1.807) is 18.3 Å². The number of nitrogens with zero attached hydrogens (tertiary/aromatic N) is 4. The molecule has 1 amide bonds. The van der Waals surface area contributed by atoms with Gasteiger partial charge in [-0.05, 0) is 52.0 Å². The van der Waals surface area contributed by atoms with Gasteiger partial charge in [-0.25, -0.2) is 9.97 Å². The lowest BCUT2D eigenvalue weighted by molar-refractivity contribution is 0.0880. The number of hydrogen-bond acceptors (Lipinski definition) is 8. The van der Waals surface area contributed by atoms with Gasteiger partial charge in [0.25, 0.3) is 5.91 Å². The van der Waals surface area contributed by atoms with E-state index in [0.29, 0.717) is 23.0 Å². The number of carbonyl (C=O) groups excluding carboxylic acids is 1. The van der Waals surface area contributed by atoms with Crippen LogP contribution in [0.15, 0.2) is 47.1 Å². The van der Waals surface area contributed by atoms with Crippen molar-refractivity contribution in [1.29, 1.82) is 0 Å². The summed E-state index contributed by atoms with van der Waals surface area (Å²) in [4.78, 5) is 21.7. The molecule has 0 saturated heterocycles. The molecule has 0 aliphatic carbocycles. The second kappa shape index (κ2) is 8.54. The number of aromatic nitrogens is 3. The van der Waals surface area contributed by atoms with Crippen molar-refractivity contribution < 1.29 is 9.53 Å². The molecule has 0 radical (unpaired) electrons. The van der Waals surface area contributed by atoms with E-state index in [1.807, 2.05) is 56.7 Å². The number of fused-ring (bicyclic) bond motifs is 1. The number of rotatable bonds is 6. The number of benzene rings is 1. The lowest BCUT2D eigenvalue weighted by atomic mass is 10.1. The number of hydrogen-bond donors (Lipinski definition) is 3. The Morgan fingerprint density at radius 2 is 2.12 bits per heavy atom. The Bertz CT molecular complexity index is 1200. The van der Waals surface area contributed by atoms with Crippen LogP contribution in [0.3, 0.4) is 0 Å². The molecule has 0 bridgehead atoms. The number of nitrogens with two attached hydrogens (primary N) is 1. The fourth-order valence-electron chi connectivity index (χ4n) is 3.38. The van der Waals surface area contributed by atoms with E-state index in [9.17, 15) is 4.79 Å². The Balaban J connectivity index is 1.47. The van der Waals surface area contributed by atoms with Crippen molar-refractivity contribution >= 4 is 29.6 Å². The van der Waals surface area contributed by atoms with Gasteiger partial charge in [-0.3, -0.25) is 9.36 Å². The molecule has 1 aliphatic rings. The Kier molecular flexibility index (Phi) is 5.79. The minimum Gasteiger partial charge on any atom is -0.490 e. The van der Waals surface area contributed by atoms with Crippen molar-refractivity contribution in [2.75, 3.05) is 11.3 Å². The maximum Gasteiger partial charge on any atom is 0.252 e. The summed E-state index contributed by atoms with van der Waals surface area (Å²) in [7, 11) is 0. The number of amidine groups is 1. The summed E-state index contributed by atoms with van der Waals surface area (Å²) in [5.41, 5.74) is 8.36. The van der Waals surface area contributed by atoms with Crippen LogP contribution in [0.5, 0.6) is 5.75 Å². The molecule has 3 heterocycles. The van der Waals surface area contributed by atoms with Crippen LogP contribution < -0.4 is 20.5 Å². The summed E-state index contributed by atoms with van der Waals surface area (Å²) in [5, 5.41) is 3.03. The van der Waals surface area contributed by atoms with E-state index in [0.717, 1.165) is 22.8 Å². The van der Waals surface area contributed by atoms with Crippen LogP contribution in [0.25, 0.3) is 5.82 Å². The summed E-state index contributed by atoms with van der Waals surface area (Å²) < 4.78 is 15.1. The number of amides is 1. The van der Waals surface area contributed by atoms with Crippen LogP contribution >= 0.6 is 12.1 Å². The molecule has 0 saturated carbocycles. The molecule has 3 aromatic rings. The quantitative estimate of drug-likeness (QED) is 0.493. The lowest BCUT2D eigenvalue weighted by Gasteiger charge is -2.27. The van der Waals surface area contributed by atoms with Crippen LogP contribution in [0.2, 0.25) is 0 Å². The van der Waals surface area contributed by atoms with Gasteiger partial charge in [0.2, 0.25) is 0 Å². The van der Waals surface area contributed by atoms with E-state index in [-0.39, 0.29) is 12.5 Å². The predicted octanol–water partition coefficient (Wildman–Crippen LogP) is 3.17. The van der Waals surface area contributed by atoms with E-state index in [4.69, 9.17) is 10.5 Å². The van der Waals surface area contributed by atoms with Crippen molar-refractivity contribution in [2.45, 2.75) is 33.2 Å². The maximum atomic E-state index is 13.0. The van der Waals surface area contributed by atoms with Gasteiger partial charge in [0.15, 0.2) is 0 Å². The van der Waals surface area contributed by atoms with Gasteiger partial charge in [-0.2, -0.15) is 4.40 Å². The lowest BCUT2D eigenvalue weighted by Crippen LogP contribution is -2.48. The average molecular weight is 452 g/mol. The van der Waals surface area contributed by atoms with E-state index in [2.05, 4.69) is 24.4 Å². The van der Waals surface area contributed by atoms with Crippen molar-refractivity contribution in [1.82, 2.24) is 19.9 Å². The molecular weight excluding hydrogens is 426 g/mol.